The molecule has 0 bridgehead atoms. The Morgan fingerprint density at radius 2 is 1.78 bits per heavy atom. The van der Waals surface area contributed by atoms with Crippen molar-refractivity contribution in [3.05, 3.63) is 0 Å². The van der Waals surface area contributed by atoms with Gasteiger partial charge < -0.3 is 15.5 Å². The van der Waals surface area contributed by atoms with Crippen molar-refractivity contribution < 1.29 is 28.6 Å². The van der Waals surface area contributed by atoms with Crippen LogP contribution in [0.15, 0.2) is 0 Å². The van der Waals surface area contributed by atoms with E-state index >= 15 is 0 Å². The van der Waals surface area contributed by atoms with Crippen LogP contribution in [0, 0.1) is 5.41 Å². The van der Waals surface area contributed by atoms with Crippen molar-refractivity contribution in [2.24, 2.45) is 5.41 Å². The van der Waals surface area contributed by atoms with Crippen LogP contribution in [0.2, 0.25) is 0 Å². The van der Waals surface area contributed by atoms with Crippen LogP contribution in [0.25, 0.3) is 0 Å². The Morgan fingerprint density at radius 1 is 1.28 bits per heavy atom. The molecule has 0 aliphatic rings. The van der Waals surface area contributed by atoms with E-state index in [1.807, 2.05) is 0 Å². The number of hydrogen-bond acceptors (Lipinski definition) is 3. The summed E-state index contributed by atoms with van der Waals surface area (Å²) in [7, 11) is 0. The average Bonchev–Trinajstić information content (AvgIpc) is 2.32. The van der Waals surface area contributed by atoms with Gasteiger partial charge >= 0.3 is 5.97 Å². The Hall–Kier alpha value is -1.24. The molecule has 0 rings (SSSR count). The topological polar surface area (TPSA) is 86.6 Å². The van der Waals surface area contributed by atoms with Crippen molar-refractivity contribution in [2.75, 3.05) is 6.54 Å². The highest BCUT2D eigenvalue weighted by molar-refractivity contribution is 5.84. The summed E-state index contributed by atoms with van der Waals surface area (Å²) in [4.78, 5) is 22.6. The van der Waals surface area contributed by atoms with E-state index in [-0.39, 0.29) is 19.3 Å². The Balaban J connectivity index is 4.41. The fraction of sp³-hybridized carbons (Fsp3) is 0.818. The number of rotatable bonds is 8. The van der Waals surface area contributed by atoms with Gasteiger partial charge in [0.2, 0.25) is 5.91 Å². The van der Waals surface area contributed by atoms with Crippen molar-refractivity contribution in [1.82, 2.24) is 5.32 Å². The standard InChI is InChI=1S/C11H19F2NO4/c1-3-11(4-2,10(17)18)5-8(16)14-6-7(15)9(12)13/h7,9,15H,3-6H2,1-2H3,(H,14,16)(H,17,18). The van der Waals surface area contributed by atoms with Crippen molar-refractivity contribution in [3.63, 3.8) is 0 Å². The van der Waals surface area contributed by atoms with Crippen molar-refractivity contribution in [1.29, 1.82) is 0 Å². The number of carbonyl (C=O) groups is 2. The van der Waals surface area contributed by atoms with Gasteiger partial charge in [0.25, 0.3) is 6.43 Å². The van der Waals surface area contributed by atoms with E-state index in [4.69, 9.17) is 10.2 Å². The number of alkyl halides is 2. The average molecular weight is 267 g/mol. The molecule has 5 nitrogen and oxygen atoms in total. The minimum absolute atomic E-state index is 0.268. The molecule has 0 radical (unpaired) electrons. The zero-order valence-electron chi connectivity index (χ0n) is 10.4. The smallest absolute Gasteiger partial charge is 0.310 e. The maximum Gasteiger partial charge on any atom is 0.310 e. The lowest BCUT2D eigenvalue weighted by Gasteiger charge is -2.26. The summed E-state index contributed by atoms with van der Waals surface area (Å²) >= 11 is 0. The zero-order chi connectivity index (χ0) is 14.3. The molecule has 0 fully saturated rings. The summed E-state index contributed by atoms with van der Waals surface area (Å²) in [5.74, 6) is -1.74. The van der Waals surface area contributed by atoms with Crippen LogP contribution >= 0.6 is 0 Å². The molecular weight excluding hydrogens is 248 g/mol. The number of halogens is 2. The first kappa shape index (κ1) is 16.8. The number of aliphatic hydroxyl groups excluding tert-OH is 1. The van der Waals surface area contributed by atoms with E-state index < -0.39 is 36.4 Å². The van der Waals surface area contributed by atoms with Crippen molar-refractivity contribution >= 4 is 11.9 Å². The first-order chi connectivity index (χ1) is 8.29. The molecule has 0 spiro atoms. The van der Waals surface area contributed by atoms with E-state index in [1.54, 1.807) is 13.8 Å². The summed E-state index contributed by atoms with van der Waals surface area (Å²) in [6, 6.07) is 0. The molecule has 1 atom stereocenters. The van der Waals surface area contributed by atoms with Crippen LogP contribution in [-0.4, -0.2) is 41.2 Å². The minimum atomic E-state index is -2.94. The van der Waals surface area contributed by atoms with Gasteiger partial charge in [-0.2, -0.15) is 0 Å². The van der Waals surface area contributed by atoms with Crippen LogP contribution in [0.1, 0.15) is 33.1 Å². The number of carbonyl (C=O) groups excluding carboxylic acids is 1. The number of aliphatic carboxylic acids is 1. The van der Waals surface area contributed by atoms with Crippen LogP contribution < -0.4 is 5.32 Å². The van der Waals surface area contributed by atoms with Gasteiger partial charge in [0.05, 0.1) is 5.41 Å². The molecule has 0 aliphatic carbocycles. The lowest BCUT2D eigenvalue weighted by Crippen LogP contribution is -2.40. The molecular formula is C11H19F2NO4. The van der Waals surface area contributed by atoms with Gasteiger partial charge in [-0.15, -0.1) is 0 Å². The number of amides is 1. The number of aliphatic hydroxyl groups is 1. The van der Waals surface area contributed by atoms with E-state index in [2.05, 4.69) is 5.32 Å². The highest BCUT2D eigenvalue weighted by Crippen LogP contribution is 2.30. The summed E-state index contributed by atoms with van der Waals surface area (Å²) in [6.45, 7) is 2.72. The minimum Gasteiger partial charge on any atom is -0.481 e. The fourth-order valence-corrected chi connectivity index (χ4v) is 1.56. The predicted octanol–water partition coefficient (Wildman–Crippen LogP) is 1.01. The van der Waals surface area contributed by atoms with Gasteiger partial charge in [-0.1, -0.05) is 13.8 Å². The monoisotopic (exact) mass is 267 g/mol. The number of nitrogens with one attached hydrogen (secondary N) is 1. The number of carboxylic acids is 1. The van der Waals surface area contributed by atoms with Crippen molar-refractivity contribution in [3.8, 4) is 0 Å². The predicted molar refractivity (Wildman–Crippen MR) is 60.3 cm³/mol. The van der Waals surface area contributed by atoms with Gasteiger partial charge in [0.1, 0.15) is 6.10 Å². The molecule has 1 amide bonds. The molecule has 3 N–H and O–H groups in total. The third-order valence-electron chi connectivity index (χ3n) is 3.11. The summed E-state index contributed by atoms with van der Waals surface area (Å²) in [6.07, 6.45) is -4.62. The van der Waals surface area contributed by atoms with Gasteiger partial charge in [-0.25, -0.2) is 8.78 Å². The Morgan fingerprint density at radius 3 is 2.11 bits per heavy atom. The highest BCUT2D eigenvalue weighted by atomic mass is 19.3. The molecule has 0 aliphatic heterocycles. The third-order valence-corrected chi connectivity index (χ3v) is 3.11. The first-order valence-electron chi connectivity index (χ1n) is 5.75. The SMILES string of the molecule is CCC(CC)(CC(=O)NCC(O)C(F)F)C(=O)O. The molecule has 18 heavy (non-hydrogen) atoms. The van der Waals surface area contributed by atoms with Gasteiger partial charge in [-0.3, -0.25) is 9.59 Å². The maximum absolute atomic E-state index is 12.0. The van der Waals surface area contributed by atoms with Crippen LogP contribution in [-0.2, 0) is 9.59 Å². The molecule has 0 aromatic rings. The molecule has 0 aromatic carbocycles. The Kier molecular flexibility index (Phi) is 6.75. The largest absolute Gasteiger partial charge is 0.481 e. The van der Waals surface area contributed by atoms with E-state index in [1.165, 1.54) is 0 Å². The number of hydrogen-bond donors (Lipinski definition) is 3. The zero-order valence-corrected chi connectivity index (χ0v) is 10.4. The lowest BCUT2D eigenvalue weighted by atomic mass is 9.79. The van der Waals surface area contributed by atoms with E-state index in [0.717, 1.165) is 0 Å². The molecule has 0 saturated heterocycles. The maximum atomic E-state index is 12.0. The normalized spacial score (nSPS) is 13.4. The summed E-state index contributed by atoms with van der Waals surface area (Å²) in [5.41, 5.74) is -1.18. The highest BCUT2D eigenvalue weighted by Gasteiger charge is 2.37. The Labute approximate surface area is 104 Å². The molecule has 1 unspecified atom stereocenters. The second-order valence-electron chi connectivity index (χ2n) is 4.18. The third kappa shape index (κ3) is 4.56. The second-order valence-corrected chi connectivity index (χ2v) is 4.18. The lowest BCUT2D eigenvalue weighted by molar-refractivity contribution is -0.152. The first-order valence-corrected chi connectivity index (χ1v) is 5.75. The quantitative estimate of drug-likeness (QED) is 0.612. The Bertz CT molecular complexity index is 293. The molecule has 106 valence electrons. The molecule has 7 heteroatoms. The summed E-state index contributed by atoms with van der Waals surface area (Å²) < 4.78 is 24.0. The second kappa shape index (κ2) is 7.25. The van der Waals surface area contributed by atoms with Crippen LogP contribution in [0.3, 0.4) is 0 Å². The van der Waals surface area contributed by atoms with Crippen molar-refractivity contribution in [2.45, 2.75) is 45.6 Å². The molecule has 0 saturated carbocycles. The van der Waals surface area contributed by atoms with Gasteiger partial charge in [0.15, 0.2) is 0 Å². The fourth-order valence-electron chi connectivity index (χ4n) is 1.56. The van der Waals surface area contributed by atoms with Gasteiger partial charge in [0, 0.05) is 13.0 Å². The van der Waals surface area contributed by atoms with E-state index in [0.29, 0.717) is 0 Å². The molecule has 0 aromatic heterocycles. The molecule has 0 heterocycles. The van der Waals surface area contributed by atoms with E-state index in [9.17, 15) is 18.4 Å². The van der Waals surface area contributed by atoms with Crippen LogP contribution in [0.4, 0.5) is 8.78 Å². The summed E-state index contributed by atoms with van der Waals surface area (Å²) in [5, 5.41) is 20.0. The number of carboxylic acid groups (broad SMARTS) is 1. The van der Waals surface area contributed by atoms with Gasteiger partial charge in [-0.05, 0) is 12.8 Å². The van der Waals surface area contributed by atoms with Crippen LogP contribution in [0.5, 0.6) is 0 Å².